The van der Waals surface area contributed by atoms with Crippen LogP contribution in [0.5, 0.6) is 0 Å². The predicted octanol–water partition coefficient (Wildman–Crippen LogP) is 2.57. The van der Waals surface area contributed by atoms with Crippen LogP contribution >= 0.6 is 0 Å². The number of nitrogens with one attached hydrogen (secondary N) is 3. The molecule has 26 heavy (non-hydrogen) atoms. The van der Waals surface area contributed by atoms with Gasteiger partial charge in [0, 0.05) is 11.3 Å². The zero-order valence-electron chi connectivity index (χ0n) is 13.6. The van der Waals surface area contributed by atoms with E-state index >= 15 is 0 Å². The van der Waals surface area contributed by atoms with Crippen LogP contribution in [0, 0.1) is 17.1 Å². The zero-order valence-corrected chi connectivity index (χ0v) is 13.6. The highest BCUT2D eigenvalue weighted by Crippen LogP contribution is 2.47. The van der Waals surface area contributed by atoms with Gasteiger partial charge in [0.05, 0.1) is 11.6 Å². The molecule has 0 saturated heterocycles. The van der Waals surface area contributed by atoms with Gasteiger partial charge in [-0.3, -0.25) is 15.0 Å². The minimum absolute atomic E-state index is 0.0104. The minimum Gasteiger partial charge on any atom is -0.481 e. The fraction of sp³-hybridized carbons (Fsp3) is 0.167. The summed E-state index contributed by atoms with van der Waals surface area (Å²) in [5.74, 6) is -2.92. The summed E-state index contributed by atoms with van der Waals surface area (Å²) in [6.45, 7) is 0. The number of carbonyl (C=O) groups is 2. The Hall–Kier alpha value is -3.42. The Morgan fingerprint density at radius 2 is 1.96 bits per heavy atom. The number of rotatable bonds is 5. The van der Waals surface area contributed by atoms with Gasteiger partial charge < -0.3 is 21.5 Å². The van der Waals surface area contributed by atoms with Crippen LogP contribution in [0.25, 0.3) is 0 Å². The van der Waals surface area contributed by atoms with Crippen molar-refractivity contribution in [3.63, 3.8) is 0 Å². The van der Waals surface area contributed by atoms with Gasteiger partial charge in [-0.05, 0) is 48.2 Å². The maximum absolute atomic E-state index is 14.3. The molecule has 1 fully saturated rings. The summed E-state index contributed by atoms with van der Waals surface area (Å²) in [6, 6.07) is 10.6. The van der Waals surface area contributed by atoms with E-state index in [9.17, 15) is 14.0 Å². The van der Waals surface area contributed by atoms with Crippen molar-refractivity contribution in [2.75, 3.05) is 10.6 Å². The van der Waals surface area contributed by atoms with Gasteiger partial charge in [-0.25, -0.2) is 4.39 Å². The van der Waals surface area contributed by atoms with Gasteiger partial charge in [0.25, 0.3) is 5.91 Å². The lowest BCUT2D eigenvalue weighted by Crippen LogP contribution is -2.21. The van der Waals surface area contributed by atoms with Crippen LogP contribution < -0.4 is 16.4 Å². The van der Waals surface area contributed by atoms with Crippen molar-refractivity contribution >= 4 is 29.2 Å². The molecular formula is C18H17FN4O3. The lowest BCUT2D eigenvalue weighted by Gasteiger charge is -2.10. The molecule has 0 aromatic heterocycles. The van der Waals surface area contributed by atoms with E-state index in [1.165, 1.54) is 18.2 Å². The van der Waals surface area contributed by atoms with E-state index in [0.717, 1.165) is 0 Å². The maximum Gasteiger partial charge on any atom is 0.307 e. The van der Waals surface area contributed by atoms with E-state index in [1.54, 1.807) is 24.3 Å². The first-order valence-electron chi connectivity index (χ1n) is 7.90. The van der Waals surface area contributed by atoms with Gasteiger partial charge in [-0.1, -0.05) is 12.1 Å². The summed E-state index contributed by atoms with van der Waals surface area (Å²) < 4.78 is 14.3. The molecule has 134 valence electrons. The highest BCUT2D eigenvalue weighted by Gasteiger charge is 2.44. The van der Waals surface area contributed by atoms with E-state index in [4.69, 9.17) is 16.2 Å². The van der Waals surface area contributed by atoms with Crippen LogP contribution in [-0.2, 0) is 4.79 Å². The number of benzene rings is 2. The largest absolute Gasteiger partial charge is 0.481 e. The van der Waals surface area contributed by atoms with Crippen molar-refractivity contribution < 1.29 is 19.1 Å². The number of hydrogen-bond donors (Lipinski definition) is 5. The predicted molar refractivity (Wildman–Crippen MR) is 94.8 cm³/mol. The van der Waals surface area contributed by atoms with Crippen LogP contribution in [0.3, 0.4) is 0 Å². The topological polar surface area (TPSA) is 128 Å². The van der Waals surface area contributed by atoms with Crippen LogP contribution in [0.2, 0.25) is 0 Å². The van der Waals surface area contributed by atoms with E-state index in [2.05, 4.69) is 10.6 Å². The molecule has 0 aliphatic heterocycles. The first-order valence-corrected chi connectivity index (χ1v) is 7.90. The van der Waals surface area contributed by atoms with Gasteiger partial charge in [0.2, 0.25) is 0 Å². The molecule has 1 saturated carbocycles. The van der Waals surface area contributed by atoms with Gasteiger partial charge in [-0.2, -0.15) is 0 Å². The molecule has 0 bridgehead atoms. The molecule has 1 amide bonds. The molecule has 6 N–H and O–H groups in total. The Balaban J connectivity index is 1.72. The standard InChI is InChI=1S/C18H17FN4O3/c19-14-7-9(12-8-13(12)17(25)26)4-5-15(14)23-16(24)10-2-1-3-11(6-10)22-18(20)21/h1-7,12-13H,8H2,(H,23,24)(H,25,26)(H4,20,21,22). The van der Waals surface area contributed by atoms with Gasteiger partial charge in [0.1, 0.15) is 5.82 Å². The Bertz CT molecular complexity index is 900. The quantitative estimate of drug-likeness (QED) is 0.415. The Labute approximate surface area is 148 Å². The first kappa shape index (κ1) is 17.4. The normalized spacial score (nSPS) is 18.0. The van der Waals surface area contributed by atoms with E-state index in [1.807, 2.05) is 0 Å². The number of carbonyl (C=O) groups excluding carboxylic acids is 1. The third-order valence-electron chi connectivity index (χ3n) is 4.18. The smallest absolute Gasteiger partial charge is 0.307 e. The number of halogens is 1. The van der Waals surface area contributed by atoms with Crippen LogP contribution in [-0.4, -0.2) is 22.9 Å². The Morgan fingerprint density at radius 3 is 2.58 bits per heavy atom. The second kappa shape index (κ2) is 6.83. The average Bonchev–Trinajstić information content (AvgIpc) is 3.37. The third kappa shape index (κ3) is 3.80. The molecular weight excluding hydrogens is 339 g/mol. The van der Waals surface area contributed by atoms with E-state index in [0.29, 0.717) is 17.7 Å². The number of aliphatic carboxylic acids is 1. The summed E-state index contributed by atoms with van der Waals surface area (Å²) in [5.41, 5.74) is 6.61. The van der Waals surface area contributed by atoms with Gasteiger partial charge >= 0.3 is 5.97 Å². The second-order valence-corrected chi connectivity index (χ2v) is 6.10. The summed E-state index contributed by atoms with van der Waals surface area (Å²) in [7, 11) is 0. The molecule has 2 unspecified atom stereocenters. The molecule has 2 aromatic rings. The zero-order chi connectivity index (χ0) is 18.8. The number of guanidine groups is 1. The van der Waals surface area contributed by atoms with Crippen molar-refractivity contribution in [2.45, 2.75) is 12.3 Å². The highest BCUT2D eigenvalue weighted by molar-refractivity contribution is 6.05. The molecule has 2 atom stereocenters. The maximum atomic E-state index is 14.3. The molecule has 1 aliphatic carbocycles. The van der Waals surface area contributed by atoms with Crippen LogP contribution in [0.15, 0.2) is 42.5 Å². The van der Waals surface area contributed by atoms with Crippen LogP contribution in [0.1, 0.15) is 28.3 Å². The fourth-order valence-electron chi connectivity index (χ4n) is 2.79. The van der Waals surface area contributed by atoms with Crippen molar-refractivity contribution in [1.29, 1.82) is 5.41 Å². The van der Waals surface area contributed by atoms with Crippen molar-refractivity contribution in [3.8, 4) is 0 Å². The lowest BCUT2D eigenvalue weighted by atomic mass is 10.1. The molecule has 0 heterocycles. The fourth-order valence-corrected chi connectivity index (χ4v) is 2.79. The minimum atomic E-state index is -0.883. The number of anilines is 2. The molecule has 8 heteroatoms. The molecule has 0 radical (unpaired) electrons. The molecule has 1 aliphatic rings. The highest BCUT2D eigenvalue weighted by atomic mass is 19.1. The summed E-state index contributed by atoms with van der Waals surface area (Å²) in [4.78, 5) is 23.2. The second-order valence-electron chi connectivity index (χ2n) is 6.10. The van der Waals surface area contributed by atoms with Crippen molar-refractivity contribution in [3.05, 3.63) is 59.4 Å². The third-order valence-corrected chi connectivity index (χ3v) is 4.18. The van der Waals surface area contributed by atoms with Crippen molar-refractivity contribution in [2.24, 2.45) is 11.7 Å². The average molecular weight is 356 g/mol. The first-order chi connectivity index (χ1) is 12.3. The number of nitrogens with two attached hydrogens (primary N) is 1. The van der Waals surface area contributed by atoms with E-state index < -0.39 is 23.6 Å². The molecule has 7 nitrogen and oxygen atoms in total. The number of amides is 1. The summed E-state index contributed by atoms with van der Waals surface area (Å²) in [6.07, 6.45) is 0.496. The molecule has 0 spiro atoms. The summed E-state index contributed by atoms with van der Waals surface area (Å²) >= 11 is 0. The van der Waals surface area contributed by atoms with Crippen molar-refractivity contribution in [1.82, 2.24) is 0 Å². The Morgan fingerprint density at radius 1 is 1.19 bits per heavy atom. The lowest BCUT2D eigenvalue weighted by molar-refractivity contribution is -0.138. The van der Waals surface area contributed by atoms with Crippen LogP contribution in [0.4, 0.5) is 15.8 Å². The van der Waals surface area contributed by atoms with E-state index in [-0.39, 0.29) is 23.1 Å². The summed E-state index contributed by atoms with van der Waals surface area (Å²) in [5, 5.41) is 21.2. The SMILES string of the molecule is N=C(N)Nc1cccc(C(=O)Nc2ccc(C3CC3C(=O)O)cc2F)c1. The molecule has 3 rings (SSSR count). The Kier molecular flexibility index (Phi) is 4.57. The number of carboxylic acids is 1. The monoisotopic (exact) mass is 356 g/mol. The van der Waals surface area contributed by atoms with Gasteiger partial charge in [-0.15, -0.1) is 0 Å². The van der Waals surface area contributed by atoms with Gasteiger partial charge in [0.15, 0.2) is 5.96 Å². The molecule has 2 aromatic carbocycles. The number of carboxylic acid groups (broad SMARTS) is 1. The number of hydrogen-bond acceptors (Lipinski definition) is 3.